The molecule has 5 atom stereocenters. The average Bonchev–Trinajstić information content (AvgIpc) is 3.22. The molecule has 1 unspecified atom stereocenters. The largest absolute Gasteiger partial charge is 0.489 e. The Labute approximate surface area is 350 Å². The molecule has 0 spiro atoms. The van der Waals surface area contributed by atoms with Crippen molar-refractivity contribution in [3.63, 3.8) is 0 Å². The normalized spacial score (nSPS) is 20.1. The first-order chi connectivity index (χ1) is 27.7. The lowest BCUT2D eigenvalue weighted by Gasteiger charge is -2.47. The second-order valence-corrected chi connectivity index (χ2v) is 20.3. The predicted octanol–water partition coefficient (Wildman–Crippen LogP) is 10.2. The van der Waals surface area contributed by atoms with Gasteiger partial charge in [-0.1, -0.05) is 152 Å². The van der Waals surface area contributed by atoms with Gasteiger partial charge in [-0.25, -0.2) is 0 Å². The van der Waals surface area contributed by atoms with Crippen molar-refractivity contribution in [3.8, 4) is 5.75 Å². The summed E-state index contributed by atoms with van der Waals surface area (Å²) in [6, 6.07) is 24.4. The molecule has 3 aromatic carbocycles. The molecule has 4 rings (SSSR count). The van der Waals surface area contributed by atoms with E-state index in [9.17, 15) is 4.80 Å². The molecule has 1 saturated heterocycles. The topological polar surface area (TPSA) is 75.6 Å². The number of unbranched alkanes of at least 4 members (excludes halogenated alkanes) is 4. The standard InChI is InChI=1S/C48H71ClO7Si/c1-8-13-30-51-36-43-45(53-31-14-9-2)47(55-33-16-11-4)46(54-32-15-10-3)44(56-43)40-34-37(41(49)35-42(40)52-29-12-5)27-28-48(6,7)57(50,38-23-19-17-20-24-38)39-25-21-18-22-26-39/h12,17-26,34-35,43-47,50H,5,8-11,13-16,27-33,36H2,1-4,6-7H3/t43-,44?,45-,46+,47+/m1/s1. The molecule has 1 aliphatic rings. The van der Waals surface area contributed by atoms with E-state index in [0.717, 1.165) is 72.9 Å². The second kappa shape index (κ2) is 24.5. The lowest BCUT2D eigenvalue weighted by molar-refractivity contribution is -0.268. The third-order valence-electron chi connectivity index (χ3n) is 11.2. The maximum absolute atomic E-state index is 12.9. The smallest absolute Gasteiger partial charge is 0.258 e. The Morgan fingerprint density at radius 2 is 1.28 bits per heavy atom. The summed E-state index contributed by atoms with van der Waals surface area (Å²) in [5.74, 6) is 0.625. The van der Waals surface area contributed by atoms with E-state index >= 15 is 0 Å². The zero-order valence-electron chi connectivity index (χ0n) is 35.7. The molecule has 3 aromatic rings. The Morgan fingerprint density at radius 1 is 0.754 bits per heavy atom. The van der Waals surface area contributed by atoms with Crippen LogP contribution in [0.15, 0.2) is 85.5 Å². The van der Waals surface area contributed by atoms with E-state index in [1.165, 1.54) is 0 Å². The number of rotatable bonds is 27. The van der Waals surface area contributed by atoms with Gasteiger partial charge in [-0.05, 0) is 71.6 Å². The Balaban J connectivity index is 1.80. The molecule has 0 bridgehead atoms. The van der Waals surface area contributed by atoms with Gasteiger partial charge in [0.05, 0.1) is 6.61 Å². The highest BCUT2D eigenvalue weighted by atomic mass is 35.5. The van der Waals surface area contributed by atoms with Gasteiger partial charge in [-0.15, -0.1) is 0 Å². The minimum Gasteiger partial charge on any atom is -0.489 e. The molecule has 9 heteroatoms. The maximum atomic E-state index is 12.9. The van der Waals surface area contributed by atoms with E-state index in [-0.39, 0.29) is 6.10 Å². The first-order valence-electron chi connectivity index (χ1n) is 21.6. The lowest BCUT2D eigenvalue weighted by atomic mass is 9.88. The summed E-state index contributed by atoms with van der Waals surface area (Å²) in [4.78, 5) is 12.9. The van der Waals surface area contributed by atoms with Crippen LogP contribution in [0.1, 0.15) is 117 Å². The first kappa shape index (κ1) is 47.1. The van der Waals surface area contributed by atoms with Gasteiger partial charge in [-0.3, -0.25) is 0 Å². The van der Waals surface area contributed by atoms with Gasteiger partial charge in [0.1, 0.15) is 42.9 Å². The molecule has 0 aliphatic carbocycles. The molecular weight excluding hydrogens is 752 g/mol. The number of ether oxygens (including phenoxy) is 6. The van der Waals surface area contributed by atoms with Gasteiger partial charge in [0.2, 0.25) is 0 Å². The Hall–Kier alpha value is -2.53. The van der Waals surface area contributed by atoms with E-state index in [4.69, 9.17) is 40.0 Å². The summed E-state index contributed by atoms with van der Waals surface area (Å²) >= 11 is 7.18. The van der Waals surface area contributed by atoms with Crippen LogP contribution < -0.4 is 15.1 Å². The van der Waals surface area contributed by atoms with E-state index in [2.05, 4.69) is 78.5 Å². The summed E-state index contributed by atoms with van der Waals surface area (Å²) in [5, 5.41) is 2.11. The monoisotopic (exact) mass is 822 g/mol. The summed E-state index contributed by atoms with van der Waals surface area (Å²) in [5.41, 5.74) is 1.81. The third kappa shape index (κ3) is 12.7. The fourth-order valence-electron chi connectivity index (χ4n) is 7.65. The highest BCUT2D eigenvalue weighted by Gasteiger charge is 2.51. The van der Waals surface area contributed by atoms with Gasteiger partial charge >= 0.3 is 0 Å². The average molecular weight is 824 g/mol. The quantitative estimate of drug-likeness (QED) is 0.0466. The van der Waals surface area contributed by atoms with Gasteiger partial charge in [-0.2, -0.15) is 0 Å². The third-order valence-corrected chi connectivity index (χ3v) is 16.1. The zero-order chi connectivity index (χ0) is 41.1. The van der Waals surface area contributed by atoms with Gasteiger partial charge in [0, 0.05) is 37.0 Å². The van der Waals surface area contributed by atoms with E-state index in [1.807, 2.05) is 42.5 Å². The van der Waals surface area contributed by atoms with Crippen LogP contribution in [0.2, 0.25) is 10.1 Å². The van der Waals surface area contributed by atoms with Crippen LogP contribution in [0.4, 0.5) is 0 Å². The van der Waals surface area contributed by atoms with Crippen molar-refractivity contribution in [1.29, 1.82) is 0 Å². The van der Waals surface area contributed by atoms with E-state index in [1.54, 1.807) is 6.08 Å². The van der Waals surface area contributed by atoms with Crippen LogP contribution in [-0.2, 0) is 30.1 Å². The maximum Gasteiger partial charge on any atom is 0.258 e. The van der Waals surface area contributed by atoms with Crippen molar-refractivity contribution in [1.82, 2.24) is 0 Å². The van der Waals surface area contributed by atoms with E-state index in [0.29, 0.717) is 63.3 Å². The molecule has 1 fully saturated rings. The Bertz CT molecular complexity index is 1530. The molecule has 7 nitrogen and oxygen atoms in total. The van der Waals surface area contributed by atoms with Crippen LogP contribution in [0.5, 0.6) is 5.75 Å². The van der Waals surface area contributed by atoms with E-state index < -0.39 is 37.8 Å². The second-order valence-electron chi connectivity index (χ2n) is 16.0. The lowest BCUT2D eigenvalue weighted by Crippen LogP contribution is -2.65. The van der Waals surface area contributed by atoms with Crippen molar-refractivity contribution >= 4 is 30.3 Å². The fourth-order valence-corrected chi connectivity index (χ4v) is 11.6. The SMILES string of the molecule is C=CCOc1cc(Cl)c(CCC(C)(C)[Si](O)(c2ccccc2)c2ccccc2)cc1C1O[C@H](COCCCC)[C@@H](OCCCC)[C@H](OCCCC)[C@H]1OCCCC. The molecular formula is C48H71ClO7Si. The van der Waals surface area contributed by atoms with Crippen LogP contribution in [-0.4, -0.2) is 77.2 Å². The van der Waals surface area contributed by atoms with Crippen LogP contribution >= 0.6 is 11.6 Å². The zero-order valence-corrected chi connectivity index (χ0v) is 37.4. The summed E-state index contributed by atoms with van der Waals surface area (Å²) in [7, 11) is -3.25. The van der Waals surface area contributed by atoms with Crippen LogP contribution in [0, 0.1) is 0 Å². The van der Waals surface area contributed by atoms with Crippen molar-refractivity contribution in [2.75, 3.05) is 39.6 Å². The Morgan fingerprint density at radius 3 is 1.82 bits per heavy atom. The number of hydrogen-bond donors (Lipinski definition) is 1. The minimum atomic E-state index is -3.25. The number of benzene rings is 3. The molecule has 0 aromatic heterocycles. The molecule has 0 amide bonds. The van der Waals surface area contributed by atoms with Gasteiger partial charge in [0.15, 0.2) is 0 Å². The van der Waals surface area contributed by atoms with Crippen molar-refractivity contribution in [2.45, 2.75) is 141 Å². The first-order valence-corrected chi connectivity index (χ1v) is 24.0. The van der Waals surface area contributed by atoms with Gasteiger partial charge in [0.25, 0.3) is 8.32 Å². The summed E-state index contributed by atoms with van der Waals surface area (Å²) in [6.07, 6.45) is 8.70. The fraction of sp³-hybridized carbons (Fsp3) is 0.583. The molecule has 316 valence electrons. The van der Waals surface area contributed by atoms with Crippen molar-refractivity contribution in [2.24, 2.45) is 0 Å². The van der Waals surface area contributed by atoms with Gasteiger partial charge < -0.3 is 33.2 Å². The molecule has 0 radical (unpaired) electrons. The summed E-state index contributed by atoms with van der Waals surface area (Å²) in [6.45, 7) is 20.1. The van der Waals surface area contributed by atoms with Crippen LogP contribution in [0.3, 0.4) is 0 Å². The Kier molecular flexibility index (Phi) is 20.3. The molecule has 1 N–H and O–H groups in total. The molecule has 1 aliphatic heterocycles. The highest BCUT2D eigenvalue weighted by Crippen LogP contribution is 2.45. The minimum absolute atomic E-state index is 0.305. The van der Waals surface area contributed by atoms with Crippen LogP contribution in [0.25, 0.3) is 0 Å². The van der Waals surface area contributed by atoms with Crippen molar-refractivity contribution < 1.29 is 33.2 Å². The number of halogens is 1. The molecule has 1 heterocycles. The molecule has 57 heavy (non-hydrogen) atoms. The number of aryl methyl sites for hydroxylation is 1. The predicted molar refractivity (Wildman–Crippen MR) is 237 cm³/mol. The molecule has 0 saturated carbocycles. The highest BCUT2D eigenvalue weighted by molar-refractivity contribution is 6.98. The summed E-state index contributed by atoms with van der Waals surface area (Å²) < 4.78 is 40.2. The number of hydrogen-bond acceptors (Lipinski definition) is 7. The van der Waals surface area contributed by atoms with Crippen molar-refractivity contribution in [3.05, 3.63) is 102 Å².